The number of pyridine rings is 1. The van der Waals surface area contributed by atoms with Crippen LogP contribution in [0.25, 0.3) is 0 Å². The van der Waals surface area contributed by atoms with Gasteiger partial charge in [0.2, 0.25) is 0 Å². The molecule has 0 bridgehead atoms. The van der Waals surface area contributed by atoms with Crippen LogP contribution in [0, 0.1) is 10.7 Å². The highest BCUT2D eigenvalue weighted by molar-refractivity contribution is 9.10. The van der Waals surface area contributed by atoms with E-state index in [-0.39, 0.29) is 0 Å². The molecule has 1 rings (SSSR count). The van der Waals surface area contributed by atoms with Crippen LogP contribution in [0.15, 0.2) is 27.8 Å². The summed E-state index contributed by atoms with van der Waals surface area (Å²) in [5.74, 6) is 0. The van der Waals surface area contributed by atoms with Gasteiger partial charge in [-0.15, -0.1) is 0 Å². The number of thioether (sulfide) groups is 1. The first-order valence-electron chi connectivity index (χ1n) is 2.51. The van der Waals surface area contributed by atoms with Crippen molar-refractivity contribution in [1.29, 1.82) is 5.26 Å². The summed E-state index contributed by atoms with van der Waals surface area (Å²) in [6.45, 7) is 0. The first kappa shape index (κ1) is 7.58. The zero-order chi connectivity index (χ0) is 7.40. The van der Waals surface area contributed by atoms with Crippen molar-refractivity contribution in [1.82, 2.24) is 4.98 Å². The summed E-state index contributed by atoms with van der Waals surface area (Å²) < 4.78 is 0.724. The van der Waals surface area contributed by atoms with Crippen LogP contribution < -0.4 is 0 Å². The lowest BCUT2D eigenvalue weighted by atomic mass is 10.5. The Kier molecular flexibility index (Phi) is 2.72. The standard InChI is InChI=1S/C6H3BrN2S/c7-6-5(10-4-8)2-1-3-9-6/h1-3H. The van der Waals surface area contributed by atoms with E-state index in [2.05, 4.69) is 20.9 Å². The molecule has 0 radical (unpaired) electrons. The number of halogens is 1. The van der Waals surface area contributed by atoms with Gasteiger partial charge in [0.15, 0.2) is 0 Å². The van der Waals surface area contributed by atoms with Crippen LogP contribution in [0.2, 0.25) is 0 Å². The second-order valence-corrected chi connectivity index (χ2v) is 3.06. The Labute approximate surface area is 71.4 Å². The van der Waals surface area contributed by atoms with Gasteiger partial charge in [-0.2, -0.15) is 5.26 Å². The summed E-state index contributed by atoms with van der Waals surface area (Å²) in [5, 5.41) is 10.3. The predicted molar refractivity (Wildman–Crippen MR) is 43.4 cm³/mol. The zero-order valence-corrected chi connectivity index (χ0v) is 7.32. The predicted octanol–water partition coefficient (Wildman–Crippen LogP) is 2.42. The summed E-state index contributed by atoms with van der Waals surface area (Å²) in [6.07, 6.45) is 1.67. The Balaban J connectivity index is 2.94. The minimum absolute atomic E-state index is 0.724. The molecular weight excluding hydrogens is 212 g/mol. The summed E-state index contributed by atoms with van der Waals surface area (Å²) in [6, 6.07) is 3.63. The van der Waals surface area contributed by atoms with Gasteiger partial charge in [-0.05, 0) is 39.8 Å². The van der Waals surface area contributed by atoms with E-state index >= 15 is 0 Å². The molecule has 0 aliphatic rings. The van der Waals surface area contributed by atoms with E-state index in [4.69, 9.17) is 5.26 Å². The summed E-state index contributed by atoms with van der Waals surface area (Å²) in [5.41, 5.74) is 0. The molecule has 0 aliphatic heterocycles. The van der Waals surface area contributed by atoms with Crippen LogP contribution in [0.1, 0.15) is 0 Å². The molecule has 0 atom stereocenters. The number of hydrogen-bond donors (Lipinski definition) is 0. The molecule has 10 heavy (non-hydrogen) atoms. The summed E-state index contributed by atoms with van der Waals surface area (Å²) >= 11 is 4.31. The number of thiocyanates is 1. The quantitative estimate of drug-likeness (QED) is 0.410. The minimum Gasteiger partial charge on any atom is -0.248 e. The fourth-order valence-electron chi connectivity index (χ4n) is 0.497. The maximum Gasteiger partial charge on any atom is 0.138 e. The number of hydrogen-bond acceptors (Lipinski definition) is 3. The lowest BCUT2D eigenvalue weighted by Crippen LogP contribution is -1.75. The molecule has 50 valence electrons. The van der Waals surface area contributed by atoms with Gasteiger partial charge in [0, 0.05) is 6.20 Å². The van der Waals surface area contributed by atoms with Gasteiger partial charge in [0.05, 0.1) is 4.90 Å². The van der Waals surface area contributed by atoms with Gasteiger partial charge in [-0.3, -0.25) is 0 Å². The highest BCUT2D eigenvalue weighted by atomic mass is 79.9. The molecule has 1 heterocycles. The lowest BCUT2D eigenvalue weighted by molar-refractivity contribution is 1.18. The Morgan fingerprint density at radius 1 is 1.70 bits per heavy atom. The van der Waals surface area contributed by atoms with Gasteiger partial charge >= 0.3 is 0 Å². The van der Waals surface area contributed by atoms with Crippen molar-refractivity contribution < 1.29 is 0 Å². The smallest absolute Gasteiger partial charge is 0.138 e. The van der Waals surface area contributed by atoms with E-state index in [1.165, 1.54) is 0 Å². The maximum atomic E-state index is 8.31. The third-order valence-electron chi connectivity index (χ3n) is 0.880. The number of nitrogens with zero attached hydrogens (tertiary/aromatic N) is 2. The molecule has 0 unspecified atom stereocenters. The Morgan fingerprint density at radius 3 is 3.10 bits per heavy atom. The van der Waals surface area contributed by atoms with Gasteiger partial charge in [0.1, 0.15) is 10.0 Å². The fraction of sp³-hybridized carbons (Fsp3) is 0. The number of nitriles is 1. The third kappa shape index (κ3) is 1.72. The van der Waals surface area contributed by atoms with Crippen LogP contribution in [0.4, 0.5) is 0 Å². The minimum atomic E-state index is 0.724. The first-order valence-corrected chi connectivity index (χ1v) is 4.12. The molecule has 0 aromatic carbocycles. The van der Waals surface area contributed by atoms with Gasteiger partial charge in [-0.25, -0.2) is 4.98 Å². The first-order chi connectivity index (χ1) is 4.84. The molecule has 0 saturated heterocycles. The molecular formula is C6H3BrN2S. The Bertz CT molecular complexity index is 269. The van der Waals surface area contributed by atoms with Crippen molar-refractivity contribution in [3.63, 3.8) is 0 Å². The molecule has 1 aromatic rings. The number of aromatic nitrogens is 1. The van der Waals surface area contributed by atoms with E-state index in [9.17, 15) is 0 Å². The molecule has 0 aliphatic carbocycles. The van der Waals surface area contributed by atoms with Crippen LogP contribution in [0.5, 0.6) is 0 Å². The Hall–Kier alpha value is -0.530. The van der Waals surface area contributed by atoms with Crippen LogP contribution >= 0.6 is 27.7 Å². The normalized spacial score (nSPS) is 8.80. The van der Waals surface area contributed by atoms with Gasteiger partial charge < -0.3 is 0 Å². The van der Waals surface area contributed by atoms with E-state index in [0.29, 0.717) is 0 Å². The number of rotatable bonds is 1. The summed E-state index contributed by atoms with van der Waals surface area (Å²) in [4.78, 5) is 4.79. The fourth-order valence-corrected chi connectivity index (χ4v) is 1.37. The van der Waals surface area contributed by atoms with Crippen molar-refractivity contribution in [2.75, 3.05) is 0 Å². The van der Waals surface area contributed by atoms with E-state index in [0.717, 1.165) is 21.3 Å². The average molecular weight is 215 g/mol. The van der Waals surface area contributed by atoms with Crippen LogP contribution in [-0.4, -0.2) is 4.98 Å². The maximum absolute atomic E-state index is 8.31. The molecule has 0 saturated carbocycles. The lowest BCUT2D eigenvalue weighted by Gasteiger charge is -1.93. The topological polar surface area (TPSA) is 36.7 Å². The highest BCUT2D eigenvalue weighted by Crippen LogP contribution is 2.23. The second kappa shape index (κ2) is 3.59. The summed E-state index contributed by atoms with van der Waals surface area (Å²) in [7, 11) is 0. The second-order valence-electron chi connectivity index (χ2n) is 1.49. The van der Waals surface area contributed by atoms with E-state index in [1.807, 2.05) is 11.5 Å². The molecule has 1 aromatic heterocycles. The third-order valence-corrected chi connectivity index (χ3v) is 2.42. The average Bonchev–Trinajstić information content (AvgIpc) is 1.94. The SMILES string of the molecule is N#CSc1cccnc1Br. The molecule has 4 heteroatoms. The van der Waals surface area contributed by atoms with E-state index < -0.39 is 0 Å². The van der Waals surface area contributed by atoms with Crippen molar-refractivity contribution in [3.05, 3.63) is 22.9 Å². The van der Waals surface area contributed by atoms with Crippen molar-refractivity contribution in [2.45, 2.75) is 4.90 Å². The molecule has 0 spiro atoms. The molecule has 0 fully saturated rings. The van der Waals surface area contributed by atoms with Crippen LogP contribution in [-0.2, 0) is 0 Å². The van der Waals surface area contributed by atoms with Crippen molar-refractivity contribution in [3.8, 4) is 5.40 Å². The molecule has 2 nitrogen and oxygen atoms in total. The van der Waals surface area contributed by atoms with Gasteiger partial charge in [0.25, 0.3) is 0 Å². The monoisotopic (exact) mass is 214 g/mol. The van der Waals surface area contributed by atoms with Crippen LogP contribution in [0.3, 0.4) is 0 Å². The Morgan fingerprint density at radius 2 is 2.50 bits per heavy atom. The van der Waals surface area contributed by atoms with E-state index in [1.54, 1.807) is 12.3 Å². The zero-order valence-electron chi connectivity index (χ0n) is 4.91. The van der Waals surface area contributed by atoms with Crippen molar-refractivity contribution in [2.24, 2.45) is 0 Å². The molecule has 0 N–H and O–H groups in total. The highest BCUT2D eigenvalue weighted by Gasteiger charge is 1.97. The largest absolute Gasteiger partial charge is 0.248 e. The molecule has 0 amide bonds. The van der Waals surface area contributed by atoms with Gasteiger partial charge in [-0.1, -0.05) is 0 Å². The van der Waals surface area contributed by atoms with Crippen molar-refractivity contribution >= 4 is 27.7 Å².